The zero-order valence-electron chi connectivity index (χ0n) is 24.9. The minimum Gasteiger partial charge on any atom is -0.414 e. The van der Waals surface area contributed by atoms with Gasteiger partial charge in [0.25, 0.3) is 0 Å². The van der Waals surface area contributed by atoms with Gasteiger partial charge in [-0.15, -0.1) is 0 Å². The van der Waals surface area contributed by atoms with E-state index in [9.17, 15) is 0 Å². The zero-order chi connectivity index (χ0) is 26.0. The van der Waals surface area contributed by atoms with Gasteiger partial charge >= 0.3 is 0 Å². The van der Waals surface area contributed by atoms with Gasteiger partial charge in [-0.05, 0) is 104 Å². The van der Waals surface area contributed by atoms with Crippen LogP contribution in [-0.4, -0.2) is 14.4 Å². The highest BCUT2D eigenvalue weighted by Gasteiger charge is 2.50. The number of fused-ring (bicyclic) bond motifs is 1. The summed E-state index contributed by atoms with van der Waals surface area (Å²) in [4.78, 5) is 0. The second-order valence-electron chi connectivity index (χ2n) is 14.7. The number of allylic oxidation sites excluding steroid dienone is 4. The zero-order valence-corrected chi connectivity index (χ0v) is 25.9. The molecule has 0 aromatic rings. The first-order valence-corrected chi connectivity index (χ1v) is 17.9. The third kappa shape index (κ3) is 6.84. The summed E-state index contributed by atoms with van der Waals surface area (Å²) in [7, 11) is -1.73. The molecule has 0 aromatic heterocycles. The van der Waals surface area contributed by atoms with Gasteiger partial charge in [-0.2, -0.15) is 0 Å². The van der Waals surface area contributed by atoms with E-state index in [1.807, 2.05) is 0 Å². The van der Waals surface area contributed by atoms with Crippen molar-refractivity contribution in [1.82, 2.24) is 0 Å². The first-order valence-electron chi connectivity index (χ1n) is 15.0. The van der Waals surface area contributed by atoms with Crippen LogP contribution in [0.25, 0.3) is 0 Å². The average Bonchev–Trinajstić information content (AvgIpc) is 3.10. The van der Waals surface area contributed by atoms with Gasteiger partial charge in [0.1, 0.15) is 0 Å². The molecule has 3 saturated carbocycles. The lowest BCUT2D eigenvalue weighted by Crippen LogP contribution is -2.44. The smallest absolute Gasteiger partial charge is 0.192 e. The molecule has 0 unspecified atom stereocenters. The Balaban J connectivity index is 1.70. The van der Waals surface area contributed by atoms with Crippen LogP contribution >= 0.6 is 0 Å². The van der Waals surface area contributed by atoms with Crippen molar-refractivity contribution in [2.75, 3.05) is 0 Å². The van der Waals surface area contributed by atoms with Crippen LogP contribution in [0.15, 0.2) is 35.5 Å². The van der Waals surface area contributed by atoms with Crippen molar-refractivity contribution in [2.24, 2.45) is 29.1 Å². The minimum atomic E-state index is -1.73. The Morgan fingerprint density at radius 1 is 1.06 bits per heavy atom. The number of rotatable bonds is 8. The van der Waals surface area contributed by atoms with E-state index in [1.54, 1.807) is 5.57 Å². The fourth-order valence-electron chi connectivity index (χ4n) is 7.34. The van der Waals surface area contributed by atoms with Crippen molar-refractivity contribution in [3.63, 3.8) is 0 Å². The van der Waals surface area contributed by atoms with Crippen molar-refractivity contribution in [2.45, 2.75) is 143 Å². The molecule has 1 nitrogen and oxygen atoms in total. The van der Waals surface area contributed by atoms with E-state index in [1.165, 1.54) is 62.5 Å². The van der Waals surface area contributed by atoms with Crippen LogP contribution in [0.5, 0.6) is 0 Å². The molecule has 3 rings (SSSR count). The molecule has 0 saturated heterocycles. The van der Waals surface area contributed by atoms with Crippen molar-refractivity contribution in [3.8, 4) is 0 Å². The highest BCUT2D eigenvalue weighted by molar-refractivity contribution is 6.74. The summed E-state index contributed by atoms with van der Waals surface area (Å²) in [6.45, 7) is 26.2. The summed E-state index contributed by atoms with van der Waals surface area (Å²) in [6.07, 6.45) is 19.8. The molecule has 3 fully saturated rings. The molecule has 5 atom stereocenters. The highest BCUT2D eigenvalue weighted by Crippen LogP contribution is 2.60. The van der Waals surface area contributed by atoms with Gasteiger partial charge < -0.3 is 4.43 Å². The Hall–Kier alpha value is -0.603. The lowest BCUT2D eigenvalue weighted by molar-refractivity contribution is 0.0929. The third-order valence-electron chi connectivity index (χ3n) is 10.6. The van der Waals surface area contributed by atoms with Crippen LogP contribution in [0, 0.1) is 29.1 Å². The standard InChI is InChI=1S/C33H58OSi/c1-24(2)13-11-14-26(4)30-20-21-31-27(15-12-22-33(30,31)8)17-18-28-23-29(19-16-25(28)3)34-35(9,10)32(5,6)7/h17-18,24,26,29-31H,3,11-16,19-23H2,1-2,4-10H3/b27-17+,28-18-/t26-,29+,30-,31+,33-/m1/s1. The van der Waals surface area contributed by atoms with Gasteiger partial charge in [0, 0.05) is 6.10 Å². The van der Waals surface area contributed by atoms with Crippen molar-refractivity contribution >= 4 is 8.32 Å². The van der Waals surface area contributed by atoms with Gasteiger partial charge in [-0.3, -0.25) is 0 Å². The SMILES string of the molecule is C=C1CC[C@H](O[Si](C)(C)C(C)(C)C)C/C1=C/C=C1\CCC[C@]2(C)[C@@H]([C@H](C)CCCC(C)C)CC[C@@H]12. The Labute approximate surface area is 220 Å². The van der Waals surface area contributed by atoms with E-state index >= 15 is 0 Å². The largest absolute Gasteiger partial charge is 0.414 e. The molecule has 3 aliphatic carbocycles. The summed E-state index contributed by atoms with van der Waals surface area (Å²) in [5.41, 5.74) is 5.05. The predicted molar refractivity (Wildman–Crippen MR) is 157 cm³/mol. The molecule has 0 N–H and O–H groups in total. The molecule has 35 heavy (non-hydrogen) atoms. The number of hydrogen-bond donors (Lipinski definition) is 0. The maximum atomic E-state index is 6.82. The van der Waals surface area contributed by atoms with E-state index in [4.69, 9.17) is 4.43 Å². The molecular formula is C33H58OSi. The van der Waals surface area contributed by atoms with Gasteiger partial charge in [0.2, 0.25) is 0 Å². The second-order valence-corrected chi connectivity index (χ2v) is 19.4. The summed E-state index contributed by atoms with van der Waals surface area (Å²) in [6, 6.07) is 0. The van der Waals surface area contributed by atoms with Crippen LogP contribution in [0.3, 0.4) is 0 Å². The Morgan fingerprint density at radius 2 is 1.77 bits per heavy atom. The van der Waals surface area contributed by atoms with Gasteiger partial charge in [-0.1, -0.05) is 97.6 Å². The molecule has 0 amide bonds. The highest BCUT2D eigenvalue weighted by atomic mass is 28.4. The average molecular weight is 499 g/mol. The fraction of sp³-hybridized carbons (Fsp3) is 0.818. The molecule has 200 valence electrons. The van der Waals surface area contributed by atoms with Crippen LogP contribution in [0.2, 0.25) is 18.1 Å². The minimum absolute atomic E-state index is 0.269. The third-order valence-corrected chi connectivity index (χ3v) is 15.1. The summed E-state index contributed by atoms with van der Waals surface area (Å²) in [5.74, 6) is 3.41. The van der Waals surface area contributed by atoms with Gasteiger partial charge in [0.15, 0.2) is 8.32 Å². The first-order chi connectivity index (χ1) is 16.2. The fourth-order valence-corrected chi connectivity index (χ4v) is 8.73. The van der Waals surface area contributed by atoms with Crippen molar-refractivity contribution in [3.05, 3.63) is 35.5 Å². The molecule has 2 heteroatoms. The quantitative estimate of drug-likeness (QED) is 0.302. The molecule has 0 radical (unpaired) electrons. The van der Waals surface area contributed by atoms with Crippen LogP contribution < -0.4 is 0 Å². The van der Waals surface area contributed by atoms with Gasteiger partial charge in [-0.25, -0.2) is 0 Å². The lowest BCUT2D eigenvalue weighted by Gasteiger charge is -2.44. The monoisotopic (exact) mass is 498 g/mol. The molecule has 0 spiro atoms. The molecular weight excluding hydrogens is 440 g/mol. The van der Waals surface area contributed by atoms with E-state index in [2.05, 4.69) is 80.3 Å². The number of hydrogen-bond acceptors (Lipinski definition) is 1. The maximum absolute atomic E-state index is 6.82. The second kappa shape index (κ2) is 11.4. The molecule has 0 bridgehead atoms. The van der Waals surface area contributed by atoms with Gasteiger partial charge in [0.05, 0.1) is 0 Å². The van der Waals surface area contributed by atoms with Crippen molar-refractivity contribution in [1.29, 1.82) is 0 Å². The molecule has 0 aliphatic heterocycles. The Bertz CT molecular complexity index is 794. The van der Waals surface area contributed by atoms with E-state index < -0.39 is 8.32 Å². The topological polar surface area (TPSA) is 9.23 Å². The van der Waals surface area contributed by atoms with Crippen LogP contribution in [0.1, 0.15) is 119 Å². The summed E-state index contributed by atoms with van der Waals surface area (Å²) >= 11 is 0. The van der Waals surface area contributed by atoms with Crippen LogP contribution in [0.4, 0.5) is 0 Å². The molecule has 3 aliphatic rings. The first kappa shape index (κ1) is 29.0. The Kier molecular flexibility index (Phi) is 9.45. The Morgan fingerprint density at radius 3 is 2.43 bits per heavy atom. The lowest BCUT2D eigenvalue weighted by atomic mass is 9.60. The van der Waals surface area contributed by atoms with E-state index in [-0.39, 0.29) is 5.04 Å². The van der Waals surface area contributed by atoms with E-state index in [0.717, 1.165) is 42.9 Å². The normalized spacial score (nSPS) is 33.5. The summed E-state index contributed by atoms with van der Waals surface area (Å²) in [5, 5.41) is 0.269. The molecule has 0 aromatic carbocycles. The summed E-state index contributed by atoms with van der Waals surface area (Å²) < 4.78 is 6.82. The molecule has 0 heterocycles. The maximum Gasteiger partial charge on any atom is 0.192 e. The van der Waals surface area contributed by atoms with E-state index in [0.29, 0.717) is 11.5 Å². The van der Waals surface area contributed by atoms with Crippen molar-refractivity contribution < 1.29 is 4.43 Å². The van der Waals surface area contributed by atoms with Crippen LogP contribution in [-0.2, 0) is 4.43 Å². The predicted octanol–water partition coefficient (Wildman–Crippen LogP) is 10.6.